The fourth-order valence-electron chi connectivity index (χ4n) is 4.58. The van der Waals surface area contributed by atoms with Crippen LogP contribution in [-0.4, -0.2) is 74.9 Å². The second-order valence-electron chi connectivity index (χ2n) is 9.02. The second-order valence-corrected chi connectivity index (χ2v) is 10.9. The highest BCUT2D eigenvalue weighted by Crippen LogP contribution is 2.32. The van der Waals surface area contributed by atoms with Crippen LogP contribution >= 0.6 is 0 Å². The lowest BCUT2D eigenvalue weighted by Crippen LogP contribution is -2.40. The van der Waals surface area contributed by atoms with Crippen LogP contribution in [0.1, 0.15) is 18.5 Å². The number of hydrogen-bond donors (Lipinski definition) is 4. The van der Waals surface area contributed by atoms with Gasteiger partial charge in [-0.3, -0.25) is 0 Å². The summed E-state index contributed by atoms with van der Waals surface area (Å²) in [4.78, 5) is 5.13. The predicted octanol–water partition coefficient (Wildman–Crippen LogP) is -0.203. The van der Waals surface area contributed by atoms with E-state index in [1.807, 2.05) is 26.0 Å². The van der Waals surface area contributed by atoms with E-state index in [9.17, 15) is 18.6 Å². The number of para-hydroxylation sites is 1. The number of aromatic hydroxyl groups is 2. The van der Waals surface area contributed by atoms with Gasteiger partial charge in [-0.2, -0.15) is 19.0 Å². The third-order valence-electron chi connectivity index (χ3n) is 6.58. The standard InChI is InChI=1S/C22H27BN8O4S/c1-13-20(22(33)31(24)28-13)36(34,35)29-8-6-14(7-9-29)11-25-19-10-17(15-4-2-3-5-18(15)32)27-21-16(23)12-26-30(19)21/h2-5,10,12,14,25,32-33H,6-9,11,23-24H2,1H3. The van der Waals surface area contributed by atoms with Gasteiger partial charge < -0.3 is 21.4 Å². The highest BCUT2D eigenvalue weighted by atomic mass is 32.2. The third-order valence-corrected chi connectivity index (χ3v) is 8.62. The highest BCUT2D eigenvalue weighted by molar-refractivity contribution is 7.89. The summed E-state index contributed by atoms with van der Waals surface area (Å²) in [5.41, 5.74) is 3.02. The van der Waals surface area contributed by atoms with Gasteiger partial charge in [0.1, 0.15) is 19.4 Å². The van der Waals surface area contributed by atoms with Crippen LogP contribution < -0.4 is 16.6 Å². The van der Waals surface area contributed by atoms with Crippen molar-refractivity contribution in [2.24, 2.45) is 5.92 Å². The molecule has 12 nitrogen and oxygen atoms in total. The molecule has 3 aromatic heterocycles. The van der Waals surface area contributed by atoms with Gasteiger partial charge in [0, 0.05) is 37.5 Å². The summed E-state index contributed by atoms with van der Waals surface area (Å²) in [5.74, 6) is 6.06. The Bertz CT molecular complexity index is 1540. The Morgan fingerprint density at radius 2 is 1.94 bits per heavy atom. The molecule has 1 aliphatic heterocycles. The fraction of sp³-hybridized carbons (Fsp3) is 0.318. The lowest BCUT2D eigenvalue weighted by Gasteiger charge is -2.31. The van der Waals surface area contributed by atoms with E-state index in [0.29, 0.717) is 54.2 Å². The summed E-state index contributed by atoms with van der Waals surface area (Å²) in [5, 5.41) is 32.1. The summed E-state index contributed by atoms with van der Waals surface area (Å²) in [6.45, 7) is 2.75. The first kappa shape index (κ1) is 23.9. The zero-order chi connectivity index (χ0) is 25.6. The van der Waals surface area contributed by atoms with Crippen molar-refractivity contribution >= 4 is 34.8 Å². The number of piperidine rings is 1. The molecule has 0 unspecified atom stereocenters. The number of aromatic nitrogens is 5. The lowest BCUT2D eigenvalue weighted by molar-refractivity contribution is 0.281. The van der Waals surface area contributed by atoms with Gasteiger partial charge >= 0.3 is 0 Å². The number of fused-ring (bicyclic) bond motifs is 1. The Kier molecular flexibility index (Phi) is 6.00. The monoisotopic (exact) mass is 510 g/mol. The topological polar surface area (TPSA) is 164 Å². The number of sulfonamides is 1. The van der Waals surface area contributed by atoms with Crippen molar-refractivity contribution < 1.29 is 18.6 Å². The maximum absolute atomic E-state index is 13.1. The van der Waals surface area contributed by atoms with E-state index in [-0.39, 0.29) is 22.3 Å². The molecule has 0 radical (unpaired) electrons. The number of phenolic OH excluding ortho intramolecular Hbond substituents is 1. The summed E-state index contributed by atoms with van der Waals surface area (Å²) in [6.07, 6.45) is 3.02. The first-order chi connectivity index (χ1) is 17.2. The van der Waals surface area contributed by atoms with Crippen molar-refractivity contribution in [2.75, 3.05) is 30.8 Å². The first-order valence-corrected chi connectivity index (χ1v) is 13.0. The predicted molar refractivity (Wildman–Crippen MR) is 137 cm³/mol. The number of hydrogen-bond acceptors (Lipinski definition) is 9. The van der Waals surface area contributed by atoms with Crippen molar-refractivity contribution in [3.05, 3.63) is 42.2 Å². The van der Waals surface area contributed by atoms with Crippen LogP contribution in [0.2, 0.25) is 0 Å². The quantitative estimate of drug-likeness (QED) is 0.203. The van der Waals surface area contributed by atoms with Crippen LogP contribution in [0.3, 0.4) is 0 Å². The van der Waals surface area contributed by atoms with Crippen molar-refractivity contribution in [3.8, 4) is 22.9 Å². The van der Waals surface area contributed by atoms with E-state index in [1.54, 1.807) is 22.8 Å². The van der Waals surface area contributed by atoms with Gasteiger partial charge in [-0.1, -0.05) is 12.1 Å². The molecule has 1 saturated heterocycles. The molecule has 5 N–H and O–H groups in total. The average Bonchev–Trinajstić information content (AvgIpc) is 3.36. The van der Waals surface area contributed by atoms with E-state index in [1.165, 1.54) is 11.2 Å². The van der Waals surface area contributed by atoms with Gasteiger partial charge in [0.15, 0.2) is 10.5 Å². The van der Waals surface area contributed by atoms with E-state index in [2.05, 4.69) is 15.5 Å². The van der Waals surface area contributed by atoms with E-state index in [0.717, 1.165) is 11.3 Å². The third kappa shape index (κ3) is 4.11. The smallest absolute Gasteiger partial charge is 0.250 e. The molecule has 4 heterocycles. The van der Waals surface area contributed by atoms with E-state index < -0.39 is 15.9 Å². The van der Waals surface area contributed by atoms with Gasteiger partial charge in [0.2, 0.25) is 15.9 Å². The number of nitrogens with zero attached hydrogens (tertiary/aromatic N) is 6. The number of nitrogen functional groups attached to an aromatic ring is 1. The number of nitrogens with one attached hydrogen (secondary N) is 1. The molecule has 0 atom stereocenters. The number of anilines is 1. The summed E-state index contributed by atoms with van der Waals surface area (Å²) >= 11 is 0. The van der Waals surface area contributed by atoms with Gasteiger partial charge in [0.25, 0.3) is 0 Å². The number of nitrogens with two attached hydrogens (primary N) is 1. The number of benzene rings is 1. The highest BCUT2D eigenvalue weighted by Gasteiger charge is 2.35. The molecular weight excluding hydrogens is 483 g/mol. The van der Waals surface area contributed by atoms with E-state index >= 15 is 0 Å². The Balaban J connectivity index is 1.31. The first-order valence-electron chi connectivity index (χ1n) is 11.6. The van der Waals surface area contributed by atoms with Gasteiger partial charge in [-0.25, -0.2) is 13.4 Å². The van der Waals surface area contributed by atoms with Crippen LogP contribution in [0.15, 0.2) is 41.4 Å². The molecule has 5 rings (SSSR count). The average molecular weight is 510 g/mol. The minimum Gasteiger partial charge on any atom is -0.507 e. The molecule has 14 heteroatoms. The minimum absolute atomic E-state index is 0.146. The normalized spacial score (nSPS) is 15.5. The summed E-state index contributed by atoms with van der Waals surface area (Å²) in [7, 11) is -1.98. The molecule has 1 aromatic carbocycles. The molecular formula is C22H27BN8O4S. The Morgan fingerprint density at radius 1 is 1.22 bits per heavy atom. The number of rotatable bonds is 6. The molecule has 36 heavy (non-hydrogen) atoms. The van der Waals surface area contributed by atoms with Crippen molar-refractivity contribution in [1.82, 2.24) is 28.8 Å². The largest absolute Gasteiger partial charge is 0.507 e. The fourth-order valence-corrected chi connectivity index (χ4v) is 6.27. The molecule has 1 aliphatic rings. The molecule has 1 fully saturated rings. The van der Waals surface area contributed by atoms with Gasteiger partial charge in [-0.15, -0.1) is 4.79 Å². The molecule has 0 amide bonds. The van der Waals surface area contributed by atoms with Crippen molar-refractivity contribution in [3.63, 3.8) is 0 Å². The van der Waals surface area contributed by atoms with Gasteiger partial charge in [0.05, 0.1) is 11.4 Å². The molecule has 0 bridgehead atoms. The Hall–Kier alpha value is -3.78. The maximum Gasteiger partial charge on any atom is 0.250 e. The zero-order valence-electron chi connectivity index (χ0n) is 20.0. The van der Waals surface area contributed by atoms with Crippen LogP contribution in [0.25, 0.3) is 16.9 Å². The summed E-state index contributed by atoms with van der Waals surface area (Å²) in [6, 6.07) is 8.90. The Morgan fingerprint density at radius 3 is 2.61 bits per heavy atom. The number of aryl methyl sites for hydroxylation is 1. The lowest BCUT2D eigenvalue weighted by atomic mass is 9.98. The Labute approximate surface area is 208 Å². The van der Waals surface area contributed by atoms with Crippen LogP contribution in [0.4, 0.5) is 5.82 Å². The molecule has 188 valence electrons. The van der Waals surface area contributed by atoms with Crippen LogP contribution in [0, 0.1) is 12.8 Å². The molecule has 0 saturated carbocycles. The van der Waals surface area contributed by atoms with Crippen LogP contribution in [-0.2, 0) is 10.0 Å². The molecule has 0 aliphatic carbocycles. The minimum atomic E-state index is -3.91. The zero-order valence-corrected chi connectivity index (χ0v) is 20.8. The molecule has 4 aromatic rings. The summed E-state index contributed by atoms with van der Waals surface area (Å²) < 4.78 is 29.3. The number of phenols is 1. The van der Waals surface area contributed by atoms with Crippen molar-refractivity contribution in [1.29, 1.82) is 0 Å². The van der Waals surface area contributed by atoms with Crippen molar-refractivity contribution in [2.45, 2.75) is 24.7 Å². The maximum atomic E-state index is 13.1. The van der Waals surface area contributed by atoms with E-state index in [4.69, 9.17) is 10.8 Å². The SMILES string of the molecule is Bc1cnn2c(NCC3CCN(S(=O)(=O)c4c(C)nn(N)c4O)CC3)cc(-c3ccccc3O)nc12. The van der Waals surface area contributed by atoms with Gasteiger partial charge in [-0.05, 0) is 43.3 Å². The second kappa shape index (κ2) is 9.02. The van der Waals surface area contributed by atoms with Crippen LogP contribution in [0.5, 0.6) is 11.6 Å². The molecule has 0 spiro atoms.